The molecule has 0 bridgehead atoms. The van der Waals surface area contributed by atoms with Gasteiger partial charge in [-0.25, -0.2) is 9.59 Å². The minimum absolute atomic E-state index is 0.0947. The number of benzene rings is 1. The third kappa shape index (κ3) is 2.63. The molecule has 0 saturated carbocycles. The summed E-state index contributed by atoms with van der Waals surface area (Å²) in [7, 11) is 0. The van der Waals surface area contributed by atoms with Crippen LogP contribution in [0.1, 0.15) is 27.0 Å². The fourth-order valence-electron chi connectivity index (χ4n) is 1.60. The van der Waals surface area contributed by atoms with Crippen molar-refractivity contribution in [3.8, 4) is 0 Å². The number of fused-ring (bicyclic) bond motifs is 1. The van der Waals surface area contributed by atoms with Gasteiger partial charge in [-0.05, 0) is 24.4 Å². The van der Waals surface area contributed by atoms with E-state index < -0.39 is 17.7 Å². The molecule has 0 amide bonds. The van der Waals surface area contributed by atoms with E-state index in [1.165, 1.54) is 23.5 Å². The van der Waals surface area contributed by atoms with Gasteiger partial charge in [-0.1, -0.05) is 12.1 Å². The highest BCUT2D eigenvalue weighted by Crippen LogP contribution is 2.27. The fourth-order valence-corrected chi connectivity index (χ4v) is 2.59. The molecule has 0 saturated heterocycles. The maximum atomic E-state index is 11.6. The van der Waals surface area contributed by atoms with Crippen molar-refractivity contribution in [1.29, 1.82) is 0 Å². The summed E-state index contributed by atoms with van der Waals surface area (Å²) in [5.41, 5.74) is 0.0947. The van der Waals surface area contributed by atoms with Crippen LogP contribution in [0, 0.1) is 0 Å². The lowest BCUT2D eigenvalue weighted by atomic mass is 10.1. The normalized spacial score (nSPS) is 10.4. The Balaban J connectivity index is 2.41. The Morgan fingerprint density at radius 2 is 2.00 bits per heavy atom. The van der Waals surface area contributed by atoms with Crippen LogP contribution in [0.5, 0.6) is 0 Å². The van der Waals surface area contributed by atoms with Gasteiger partial charge in [0.2, 0.25) is 0 Å². The minimum Gasteiger partial charge on any atom is -0.475 e. The van der Waals surface area contributed by atoms with Crippen molar-refractivity contribution < 1.29 is 24.2 Å². The number of thiophene rings is 1. The van der Waals surface area contributed by atoms with Gasteiger partial charge in [0.25, 0.3) is 5.78 Å². The van der Waals surface area contributed by atoms with Crippen LogP contribution < -0.4 is 0 Å². The van der Waals surface area contributed by atoms with Gasteiger partial charge < -0.3 is 9.84 Å². The Morgan fingerprint density at radius 3 is 2.63 bits per heavy atom. The lowest BCUT2D eigenvalue weighted by Crippen LogP contribution is -2.12. The summed E-state index contributed by atoms with van der Waals surface area (Å²) in [6, 6.07) is 6.18. The number of carbonyl (C=O) groups is 3. The number of hydrogen-bond acceptors (Lipinski definition) is 5. The molecule has 2 aromatic rings. The molecule has 2 rings (SSSR count). The predicted molar refractivity (Wildman–Crippen MR) is 69.7 cm³/mol. The van der Waals surface area contributed by atoms with E-state index in [1.54, 1.807) is 19.1 Å². The van der Waals surface area contributed by atoms with Crippen LogP contribution in [0.4, 0.5) is 0 Å². The van der Waals surface area contributed by atoms with Crippen molar-refractivity contribution in [2.24, 2.45) is 0 Å². The largest absolute Gasteiger partial charge is 0.475 e. The molecule has 6 heteroatoms. The first kappa shape index (κ1) is 13.2. The average molecular weight is 278 g/mol. The van der Waals surface area contributed by atoms with E-state index in [-0.39, 0.29) is 12.2 Å². The highest BCUT2D eigenvalue weighted by molar-refractivity contribution is 7.20. The second kappa shape index (κ2) is 5.19. The zero-order valence-electron chi connectivity index (χ0n) is 10.0. The van der Waals surface area contributed by atoms with Gasteiger partial charge in [0, 0.05) is 10.3 Å². The number of ether oxygens (including phenoxy) is 1. The molecular weight excluding hydrogens is 268 g/mol. The molecule has 0 aliphatic rings. The number of hydrogen-bond donors (Lipinski definition) is 1. The number of ketones is 1. The summed E-state index contributed by atoms with van der Waals surface area (Å²) >= 11 is 1.17. The van der Waals surface area contributed by atoms with Gasteiger partial charge in [-0.3, -0.25) is 4.79 Å². The predicted octanol–water partition coefficient (Wildman–Crippen LogP) is 2.35. The van der Waals surface area contributed by atoms with Crippen molar-refractivity contribution in [3.05, 3.63) is 34.7 Å². The van der Waals surface area contributed by atoms with Crippen molar-refractivity contribution in [1.82, 2.24) is 0 Å². The van der Waals surface area contributed by atoms with Gasteiger partial charge >= 0.3 is 11.9 Å². The summed E-state index contributed by atoms with van der Waals surface area (Å²) in [4.78, 5) is 34.0. The second-order valence-corrected chi connectivity index (χ2v) is 4.80. The summed E-state index contributed by atoms with van der Waals surface area (Å²) in [6.07, 6.45) is 0. The van der Waals surface area contributed by atoms with Crippen LogP contribution in [0.15, 0.2) is 24.3 Å². The van der Waals surface area contributed by atoms with Gasteiger partial charge in [0.15, 0.2) is 0 Å². The first-order valence-electron chi connectivity index (χ1n) is 5.51. The fraction of sp³-hybridized carbons (Fsp3) is 0.154. The maximum absolute atomic E-state index is 11.6. The van der Waals surface area contributed by atoms with E-state index in [4.69, 9.17) is 9.84 Å². The Labute approximate surface area is 112 Å². The molecule has 0 aliphatic carbocycles. The monoisotopic (exact) mass is 278 g/mol. The molecule has 98 valence electrons. The molecule has 0 unspecified atom stereocenters. The topological polar surface area (TPSA) is 80.7 Å². The molecule has 0 spiro atoms. The number of carboxylic acid groups (broad SMARTS) is 1. The first-order valence-corrected chi connectivity index (χ1v) is 6.33. The number of rotatable bonds is 4. The zero-order chi connectivity index (χ0) is 14.0. The van der Waals surface area contributed by atoms with E-state index in [0.717, 1.165) is 5.39 Å². The number of aliphatic carboxylic acids is 1. The van der Waals surface area contributed by atoms with Crippen LogP contribution in [-0.2, 0) is 9.53 Å². The van der Waals surface area contributed by atoms with Crippen LogP contribution in [0.2, 0.25) is 0 Å². The van der Waals surface area contributed by atoms with E-state index in [0.29, 0.717) is 9.58 Å². The average Bonchev–Trinajstić information content (AvgIpc) is 2.80. The number of carbonyl (C=O) groups excluding carboxylic acids is 2. The summed E-state index contributed by atoms with van der Waals surface area (Å²) in [6.45, 7) is 2.00. The Morgan fingerprint density at radius 1 is 1.26 bits per heavy atom. The lowest BCUT2D eigenvalue weighted by molar-refractivity contribution is -0.131. The van der Waals surface area contributed by atoms with Gasteiger partial charge in [-0.2, -0.15) is 0 Å². The van der Waals surface area contributed by atoms with Crippen molar-refractivity contribution >= 4 is 39.1 Å². The molecule has 0 aliphatic heterocycles. The maximum Gasteiger partial charge on any atom is 0.377 e. The SMILES string of the molecule is CCOC(=O)c1cc2ccc(C(=O)C(=O)O)cc2s1. The van der Waals surface area contributed by atoms with Crippen molar-refractivity contribution in [2.45, 2.75) is 6.92 Å². The number of esters is 1. The third-order valence-corrected chi connectivity index (χ3v) is 3.53. The Bertz CT molecular complexity index is 671. The van der Waals surface area contributed by atoms with Gasteiger partial charge in [-0.15, -0.1) is 11.3 Å². The van der Waals surface area contributed by atoms with Crippen molar-refractivity contribution in [3.63, 3.8) is 0 Å². The Kier molecular flexibility index (Phi) is 3.62. The first-order chi connectivity index (χ1) is 9.02. The number of Topliss-reactive ketones (excluding diaryl/α,β-unsaturated/α-hetero) is 1. The summed E-state index contributed by atoms with van der Waals surface area (Å²) < 4.78 is 5.56. The lowest BCUT2D eigenvalue weighted by Gasteiger charge is -1.96. The highest BCUT2D eigenvalue weighted by atomic mass is 32.1. The van der Waals surface area contributed by atoms with Gasteiger partial charge in [0.1, 0.15) is 4.88 Å². The second-order valence-electron chi connectivity index (χ2n) is 3.72. The molecule has 0 fully saturated rings. The molecule has 19 heavy (non-hydrogen) atoms. The summed E-state index contributed by atoms with van der Waals surface area (Å²) in [5, 5.41) is 9.42. The quantitative estimate of drug-likeness (QED) is 0.527. The molecule has 1 heterocycles. The third-order valence-electron chi connectivity index (χ3n) is 2.45. The molecule has 0 radical (unpaired) electrons. The molecular formula is C13H10O5S. The van der Waals surface area contributed by atoms with Gasteiger partial charge in [0.05, 0.1) is 6.61 Å². The molecule has 0 atom stereocenters. The number of carboxylic acids is 1. The Hall–Kier alpha value is -2.21. The van der Waals surface area contributed by atoms with E-state index in [2.05, 4.69) is 0 Å². The molecule has 1 aromatic heterocycles. The highest BCUT2D eigenvalue weighted by Gasteiger charge is 2.16. The molecule has 5 nitrogen and oxygen atoms in total. The van der Waals surface area contributed by atoms with Crippen LogP contribution in [0.25, 0.3) is 10.1 Å². The van der Waals surface area contributed by atoms with E-state index in [1.807, 2.05) is 0 Å². The van der Waals surface area contributed by atoms with Crippen LogP contribution in [0.3, 0.4) is 0 Å². The van der Waals surface area contributed by atoms with Crippen molar-refractivity contribution in [2.75, 3.05) is 6.61 Å². The molecule has 1 N–H and O–H groups in total. The van der Waals surface area contributed by atoms with Crippen LogP contribution in [-0.4, -0.2) is 29.4 Å². The van der Waals surface area contributed by atoms with E-state index >= 15 is 0 Å². The minimum atomic E-state index is -1.50. The zero-order valence-corrected chi connectivity index (χ0v) is 10.8. The molecule has 1 aromatic carbocycles. The van der Waals surface area contributed by atoms with Crippen LogP contribution >= 0.6 is 11.3 Å². The smallest absolute Gasteiger partial charge is 0.377 e. The van der Waals surface area contributed by atoms with E-state index in [9.17, 15) is 14.4 Å². The summed E-state index contributed by atoms with van der Waals surface area (Å²) in [5.74, 6) is -2.88. The standard InChI is InChI=1S/C13H10O5S/c1-2-18-13(17)10-5-7-3-4-8(6-9(7)19-10)11(14)12(15)16/h3-6H,2H2,1H3,(H,15,16).